The Kier molecular flexibility index (Phi) is 5.86. The fourth-order valence-corrected chi connectivity index (χ4v) is 3.01. The molecular formula is C15H26N2O2. The summed E-state index contributed by atoms with van der Waals surface area (Å²) in [6.07, 6.45) is 10.3. The summed E-state index contributed by atoms with van der Waals surface area (Å²) in [6.45, 7) is 6.17. The Morgan fingerprint density at radius 3 is 2.32 bits per heavy atom. The van der Waals surface area contributed by atoms with Crippen LogP contribution in [0.4, 0.5) is 0 Å². The van der Waals surface area contributed by atoms with Gasteiger partial charge < -0.3 is 5.11 Å². The summed E-state index contributed by atoms with van der Waals surface area (Å²) in [6, 6.07) is 0. The van der Waals surface area contributed by atoms with Crippen molar-refractivity contribution in [1.82, 2.24) is 9.80 Å². The van der Waals surface area contributed by atoms with E-state index in [1.54, 1.807) is 0 Å². The first-order valence-corrected chi connectivity index (χ1v) is 7.58. The Hall–Kier alpha value is -0.870. The van der Waals surface area contributed by atoms with E-state index in [0.29, 0.717) is 6.54 Å². The van der Waals surface area contributed by atoms with Gasteiger partial charge >= 0.3 is 5.97 Å². The quantitative estimate of drug-likeness (QED) is 0.771. The number of aliphatic carboxylic acids is 1. The summed E-state index contributed by atoms with van der Waals surface area (Å²) in [4.78, 5) is 15.7. The van der Waals surface area contributed by atoms with E-state index in [4.69, 9.17) is 5.11 Å². The van der Waals surface area contributed by atoms with Crippen LogP contribution in [0.5, 0.6) is 0 Å². The molecule has 2 rings (SSSR count). The maximum Gasteiger partial charge on any atom is 0.307 e. The molecule has 0 aliphatic carbocycles. The van der Waals surface area contributed by atoms with Crippen molar-refractivity contribution in [3.63, 3.8) is 0 Å². The molecule has 1 unspecified atom stereocenters. The van der Waals surface area contributed by atoms with Crippen LogP contribution < -0.4 is 0 Å². The van der Waals surface area contributed by atoms with Gasteiger partial charge in [-0.15, -0.1) is 0 Å². The topological polar surface area (TPSA) is 43.8 Å². The lowest BCUT2D eigenvalue weighted by atomic mass is 9.98. The van der Waals surface area contributed by atoms with E-state index in [1.807, 2.05) is 0 Å². The maximum absolute atomic E-state index is 11.0. The zero-order valence-corrected chi connectivity index (χ0v) is 11.8. The summed E-state index contributed by atoms with van der Waals surface area (Å²) in [7, 11) is 0. The smallest absolute Gasteiger partial charge is 0.307 e. The van der Waals surface area contributed by atoms with Crippen LogP contribution in [-0.4, -0.2) is 60.1 Å². The van der Waals surface area contributed by atoms with Crippen LogP contribution >= 0.6 is 0 Å². The SMILES string of the molecule is O=C(O)C1CCCN(C/C=C/CN2CCCCC2)C1. The fourth-order valence-electron chi connectivity index (χ4n) is 3.01. The Balaban J connectivity index is 1.65. The molecule has 19 heavy (non-hydrogen) atoms. The number of likely N-dealkylation sites (tertiary alicyclic amines) is 2. The first-order valence-electron chi connectivity index (χ1n) is 7.58. The predicted octanol–water partition coefficient (Wildman–Crippen LogP) is 1.83. The van der Waals surface area contributed by atoms with Gasteiger partial charge in [-0.2, -0.15) is 0 Å². The molecule has 0 aromatic heterocycles. The number of carboxylic acids is 1. The van der Waals surface area contributed by atoms with Crippen molar-refractivity contribution >= 4 is 5.97 Å². The molecule has 2 heterocycles. The molecule has 0 radical (unpaired) electrons. The molecule has 2 fully saturated rings. The average molecular weight is 266 g/mol. The molecule has 0 bridgehead atoms. The van der Waals surface area contributed by atoms with Gasteiger partial charge in [0.05, 0.1) is 5.92 Å². The van der Waals surface area contributed by atoms with Crippen molar-refractivity contribution in [2.24, 2.45) is 5.92 Å². The van der Waals surface area contributed by atoms with Gasteiger partial charge in [0.2, 0.25) is 0 Å². The van der Waals surface area contributed by atoms with Crippen LogP contribution in [0.1, 0.15) is 32.1 Å². The lowest BCUT2D eigenvalue weighted by molar-refractivity contribution is -0.143. The minimum absolute atomic E-state index is 0.163. The molecule has 0 saturated carbocycles. The zero-order valence-electron chi connectivity index (χ0n) is 11.8. The van der Waals surface area contributed by atoms with Gasteiger partial charge in [0.1, 0.15) is 0 Å². The minimum atomic E-state index is -0.637. The molecule has 1 atom stereocenters. The molecule has 2 aliphatic heterocycles. The van der Waals surface area contributed by atoms with Crippen molar-refractivity contribution in [3.05, 3.63) is 12.2 Å². The normalized spacial score (nSPS) is 26.8. The molecule has 2 aliphatic rings. The minimum Gasteiger partial charge on any atom is -0.481 e. The van der Waals surface area contributed by atoms with Crippen LogP contribution in [-0.2, 0) is 4.79 Å². The molecule has 0 aromatic rings. The van der Waals surface area contributed by atoms with Gasteiger partial charge in [0.25, 0.3) is 0 Å². The molecule has 4 heteroatoms. The second-order valence-corrected chi connectivity index (χ2v) is 5.77. The Bertz CT molecular complexity index is 311. The van der Waals surface area contributed by atoms with Crippen molar-refractivity contribution in [1.29, 1.82) is 0 Å². The van der Waals surface area contributed by atoms with Crippen LogP contribution in [0.2, 0.25) is 0 Å². The van der Waals surface area contributed by atoms with Crippen molar-refractivity contribution in [2.45, 2.75) is 32.1 Å². The Morgan fingerprint density at radius 2 is 1.63 bits per heavy atom. The number of carbonyl (C=O) groups is 1. The number of nitrogens with zero attached hydrogens (tertiary/aromatic N) is 2. The highest BCUT2D eigenvalue weighted by atomic mass is 16.4. The molecular weight excluding hydrogens is 240 g/mol. The summed E-state index contributed by atoms with van der Waals surface area (Å²) in [5, 5.41) is 9.05. The van der Waals surface area contributed by atoms with Gasteiger partial charge in [0.15, 0.2) is 0 Å². The standard InChI is InChI=1S/C15H26N2O2/c18-15(19)14-7-6-12-17(13-14)11-5-4-10-16-8-2-1-3-9-16/h4-5,14H,1-3,6-13H2,(H,18,19)/b5-4+. The summed E-state index contributed by atoms with van der Waals surface area (Å²) < 4.78 is 0. The molecule has 4 nitrogen and oxygen atoms in total. The van der Waals surface area contributed by atoms with Gasteiger partial charge in [-0.25, -0.2) is 0 Å². The summed E-state index contributed by atoms with van der Waals surface area (Å²) >= 11 is 0. The van der Waals surface area contributed by atoms with Crippen LogP contribution in [0, 0.1) is 5.92 Å². The fraction of sp³-hybridized carbons (Fsp3) is 0.800. The number of piperidine rings is 2. The molecule has 0 spiro atoms. The molecule has 0 amide bonds. The van der Waals surface area contributed by atoms with E-state index in [-0.39, 0.29) is 5.92 Å². The monoisotopic (exact) mass is 266 g/mol. The van der Waals surface area contributed by atoms with E-state index >= 15 is 0 Å². The van der Waals surface area contributed by atoms with Crippen molar-refractivity contribution in [2.75, 3.05) is 39.3 Å². The van der Waals surface area contributed by atoms with E-state index < -0.39 is 5.97 Å². The van der Waals surface area contributed by atoms with Gasteiger partial charge in [-0.05, 0) is 45.3 Å². The van der Waals surface area contributed by atoms with E-state index in [9.17, 15) is 4.79 Å². The van der Waals surface area contributed by atoms with E-state index in [0.717, 1.165) is 32.5 Å². The molecule has 1 N–H and O–H groups in total. The highest BCUT2D eigenvalue weighted by Crippen LogP contribution is 2.16. The van der Waals surface area contributed by atoms with Gasteiger partial charge in [0, 0.05) is 19.6 Å². The Morgan fingerprint density at radius 1 is 1.00 bits per heavy atom. The van der Waals surface area contributed by atoms with Crippen LogP contribution in [0.25, 0.3) is 0 Å². The first kappa shape index (κ1) is 14.5. The van der Waals surface area contributed by atoms with Crippen LogP contribution in [0.3, 0.4) is 0 Å². The lowest BCUT2D eigenvalue weighted by Crippen LogP contribution is -2.38. The average Bonchev–Trinajstić information content (AvgIpc) is 2.45. The first-order chi connectivity index (χ1) is 9.25. The summed E-state index contributed by atoms with van der Waals surface area (Å²) in [5.74, 6) is -0.800. The predicted molar refractivity (Wildman–Crippen MR) is 76.2 cm³/mol. The second kappa shape index (κ2) is 7.65. The third-order valence-corrected chi connectivity index (χ3v) is 4.20. The zero-order chi connectivity index (χ0) is 13.5. The highest BCUT2D eigenvalue weighted by molar-refractivity contribution is 5.70. The Labute approximate surface area is 116 Å². The highest BCUT2D eigenvalue weighted by Gasteiger charge is 2.24. The maximum atomic E-state index is 11.0. The van der Waals surface area contributed by atoms with E-state index in [1.165, 1.54) is 32.4 Å². The second-order valence-electron chi connectivity index (χ2n) is 5.77. The number of hydrogen-bond donors (Lipinski definition) is 1. The third-order valence-electron chi connectivity index (χ3n) is 4.20. The lowest BCUT2D eigenvalue weighted by Gasteiger charge is -2.29. The van der Waals surface area contributed by atoms with Gasteiger partial charge in [-0.3, -0.25) is 14.6 Å². The largest absolute Gasteiger partial charge is 0.481 e. The molecule has 0 aromatic carbocycles. The van der Waals surface area contributed by atoms with Gasteiger partial charge in [-0.1, -0.05) is 18.6 Å². The van der Waals surface area contributed by atoms with Crippen molar-refractivity contribution < 1.29 is 9.90 Å². The number of carboxylic acid groups (broad SMARTS) is 1. The number of hydrogen-bond acceptors (Lipinski definition) is 3. The summed E-state index contributed by atoms with van der Waals surface area (Å²) in [5.41, 5.74) is 0. The molecule has 2 saturated heterocycles. The van der Waals surface area contributed by atoms with Crippen molar-refractivity contribution in [3.8, 4) is 0 Å². The van der Waals surface area contributed by atoms with Crippen LogP contribution in [0.15, 0.2) is 12.2 Å². The van der Waals surface area contributed by atoms with E-state index in [2.05, 4.69) is 22.0 Å². The molecule has 108 valence electrons. The number of rotatable bonds is 5. The third kappa shape index (κ3) is 4.96.